The van der Waals surface area contributed by atoms with Crippen LogP contribution in [0.3, 0.4) is 0 Å². The highest BCUT2D eigenvalue weighted by molar-refractivity contribution is 7.17. The number of piperazine rings is 1. The first-order valence-electron chi connectivity index (χ1n) is 12.6. The van der Waals surface area contributed by atoms with Gasteiger partial charge in [0, 0.05) is 42.3 Å². The topological polar surface area (TPSA) is 52.7 Å². The molecule has 1 N–H and O–H groups in total. The lowest BCUT2D eigenvalue weighted by Gasteiger charge is -2.36. The van der Waals surface area contributed by atoms with Gasteiger partial charge in [-0.3, -0.25) is 14.5 Å². The van der Waals surface area contributed by atoms with E-state index in [4.69, 9.17) is 0 Å². The van der Waals surface area contributed by atoms with E-state index < -0.39 is 0 Å². The average Bonchev–Trinajstić information content (AvgIpc) is 3.22. The van der Waals surface area contributed by atoms with E-state index in [9.17, 15) is 9.59 Å². The molecule has 1 aromatic heterocycles. The number of ketones is 1. The van der Waals surface area contributed by atoms with Gasteiger partial charge >= 0.3 is 0 Å². The maximum absolute atomic E-state index is 13.5. The number of thiophene rings is 1. The first kappa shape index (κ1) is 23.8. The van der Waals surface area contributed by atoms with E-state index in [1.165, 1.54) is 16.1 Å². The predicted molar refractivity (Wildman–Crippen MR) is 144 cm³/mol. The van der Waals surface area contributed by atoms with Crippen LogP contribution >= 0.6 is 11.3 Å². The van der Waals surface area contributed by atoms with Gasteiger partial charge in [0.15, 0.2) is 5.78 Å². The van der Waals surface area contributed by atoms with Gasteiger partial charge in [0.1, 0.15) is 5.00 Å². The second-order valence-electron chi connectivity index (χ2n) is 9.71. The minimum absolute atomic E-state index is 0.0199. The van der Waals surface area contributed by atoms with Crippen molar-refractivity contribution in [1.29, 1.82) is 0 Å². The van der Waals surface area contributed by atoms with E-state index in [1.807, 2.05) is 31.2 Å². The summed E-state index contributed by atoms with van der Waals surface area (Å²) in [7, 11) is 0. The molecule has 2 heterocycles. The number of amides is 1. The van der Waals surface area contributed by atoms with E-state index in [2.05, 4.69) is 46.3 Å². The normalized spacial score (nSPS) is 16.1. The number of nitrogens with zero attached hydrogens (tertiary/aromatic N) is 2. The van der Waals surface area contributed by atoms with Crippen molar-refractivity contribution >= 4 is 33.7 Å². The van der Waals surface area contributed by atoms with E-state index in [1.54, 1.807) is 11.3 Å². The molecule has 1 amide bonds. The van der Waals surface area contributed by atoms with Crippen molar-refractivity contribution in [3.63, 3.8) is 0 Å². The predicted octanol–water partition coefficient (Wildman–Crippen LogP) is 5.24. The summed E-state index contributed by atoms with van der Waals surface area (Å²) in [6.07, 6.45) is 4.14. The van der Waals surface area contributed by atoms with Gasteiger partial charge < -0.3 is 10.2 Å². The molecule has 3 aromatic rings. The Morgan fingerprint density at radius 1 is 0.914 bits per heavy atom. The van der Waals surface area contributed by atoms with Crippen LogP contribution in [-0.2, 0) is 17.6 Å². The molecule has 0 spiro atoms. The highest BCUT2D eigenvalue weighted by Gasteiger charge is 2.28. The van der Waals surface area contributed by atoms with Crippen molar-refractivity contribution in [2.24, 2.45) is 0 Å². The first-order valence-corrected chi connectivity index (χ1v) is 13.4. The minimum atomic E-state index is -0.0362. The van der Waals surface area contributed by atoms with Crippen molar-refractivity contribution in [3.8, 4) is 0 Å². The molecule has 1 aliphatic carbocycles. The maximum Gasteiger partial charge on any atom is 0.239 e. The molecule has 0 saturated carbocycles. The Labute approximate surface area is 211 Å². The molecule has 5 rings (SSSR count). The summed E-state index contributed by atoms with van der Waals surface area (Å²) in [5.41, 5.74) is 6.24. The van der Waals surface area contributed by atoms with Gasteiger partial charge in [-0.25, -0.2) is 0 Å². The largest absolute Gasteiger partial charge is 0.369 e. The van der Waals surface area contributed by atoms with Crippen LogP contribution in [0.4, 0.5) is 10.7 Å². The molecule has 6 heteroatoms. The van der Waals surface area contributed by atoms with Crippen LogP contribution in [0, 0.1) is 13.8 Å². The lowest BCUT2D eigenvalue weighted by molar-refractivity contribution is -0.117. The number of para-hydroxylation sites is 1. The number of benzene rings is 2. The Morgan fingerprint density at radius 2 is 1.63 bits per heavy atom. The van der Waals surface area contributed by atoms with E-state index in [0.29, 0.717) is 17.7 Å². The molecule has 182 valence electrons. The summed E-state index contributed by atoms with van der Waals surface area (Å²) >= 11 is 1.60. The van der Waals surface area contributed by atoms with Crippen molar-refractivity contribution in [3.05, 3.63) is 81.2 Å². The van der Waals surface area contributed by atoms with Crippen LogP contribution in [0.25, 0.3) is 0 Å². The zero-order valence-electron chi connectivity index (χ0n) is 20.6. The van der Waals surface area contributed by atoms with E-state index in [0.717, 1.165) is 68.0 Å². The standard InChI is InChI=1S/C29H33N3O2S/c1-20-11-13-22(14-12-20)28(34)27-23-8-4-6-10-25(23)35-29(27)30-26(33)19-31-15-17-32(18-16-31)24-9-5-3-7-21(24)2/h3,5,7,9,11-14H,4,6,8,10,15-19H2,1-2H3,(H,30,33). The monoisotopic (exact) mass is 487 g/mol. The first-order chi connectivity index (χ1) is 17.0. The quantitative estimate of drug-likeness (QED) is 0.484. The summed E-state index contributed by atoms with van der Waals surface area (Å²) in [5.74, 6) is -0.0163. The van der Waals surface area contributed by atoms with Crippen molar-refractivity contribution < 1.29 is 9.59 Å². The number of fused-ring (bicyclic) bond motifs is 1. The molecule has 0 bridgehead atoms. The lowest BCUT2D eigenvalue weighted by Crippen LogP contribution is -2.48. The van der Waals surface area contributed by atoms with E-state index in [-0.39, 0.29) is 11.7 Å². The van der Waals surface area contributed by atoms with Crippen LogP contribution in [-0.4, -0.2) is 49.3 Å². The highest BCUT2D eigenvalue weighted by Crippen LogP contribution is 2.39. The van der Waals surface area contributed by atoms with Crippen LogP contribution in [0.15, 0.2) is 48.5 Å². The van der Waals surface area contributed by atoms with Crippen LogP contribution in [0.1, 0.15) is 50.3 Å². The van der Waals surface area contributed by atoms with Gasteiger partial charge in [-0.2, -0.15) is 0 Å². The summed E-state index contributed by atoms with van der Waals surface area (Å²) in [6, 6.07) is 16.2. The van der Waals surface area contributed by atoms with Crippen LogP contribution < -0.4 is 10.2 Å². The number of nitrogens with one attached hydrogen (secondary N) is 1. The maximum atomic E-state index is 13.5. The molecular weight excluding hydrogens is 454 g/mol. The highest BCUT2D eigenvalue weighted by atomic mass is 32.1. The van der Waals surface area contributed by atoms with Gasteiger partial charge in [0.25, 0.3) is 0 Å². The Bertz CT molecular complexity index is 1220. The molecule has 2 aromatic carbocycles. The Balaban J connectivity index is 1.27. The second kappa shape index (κ2) is 10.3. The average molecular weight is 488 g/mol. The second-order valence-corrected chi connectivity index (χ2v) is 10.8. The number of hydrogen-bond donors (Lipinski definition) is 1. The van der Waals surface area contributed by atoms with Crippen molar-refractivity contribution in [2.45, 2.75) is 39.5 Å². The smallest absolute Gasteiger partial charge is 0.239 e. The van der Waals surface area contributed by atoms with Crippen molar-refractivity contribution in [2.75, 3.05) is 42.9 Å². The molecule has 0 unspecified atom stereocenters. The third-order valence-corrected chi connectivity index (χ3v) is 8.37. The fourth-order valence-electron chi connectivity index (χ4n) is 5.18. The summed E-state index contributed by atoms with van der Waals surface area (Å²) in [6.45, 7) is 8.02. The fourth-order valence-corrected chi connectivity index (χ4v) is 6.48. The number of anilines is 2. The third-order valence-electron chi connectivity index (χ3n) is 7.16. The number of carbonyl (C=O) groups is 2. The fraction of sp³-hybridized carbons (Fsp3) is 0.379. The Kier molecular flexibility index (Phi) is 7.02. The molecule has 1 saturated heterocycles. The van der Waals surface area contributed by atoms with E-state index >= 15 is 0 Å². The lowest BCUT2D eigenvalue weighted by atomic mass is 9.91. The van der Waals surface area contributed by atoms with Crippen molar-refractivity contribution in [1.82, 2.24) is 4.90 Å². The summed E-state index contributed by atoms with van der Waals surface area (Å²) in [4.78, 5) is 32.5. The van der Waals surface area contributed by atoms with Gasteiger partial charge in [0.05, 0.1) is 12.1 Å². The number of hydrogen-bond acceptors (Lipinski definition) is 5. The number of aryl methyl sites for hydroxylation is 3. The van der Waals surface area contributed by atoms with Gasteiger partial charge in [-0.05, 0) is 56.7 Å². The summed E-state index contributed by atoms with van der Waals surface area (Å²) < 4.78 is 0. The Morgan fingerprint density at radius 3 is 2.37 bits per heavy atom. The zero-order valence-corrected chi connectivity index (χ0v) is 21.4. The third kappa shape index (κ3) is 5.19. The molecule has 35 heavy (non-hydrogen) atoms. The number of rotatable bonds is 6. The molecule has 0 radical (unpaired) electrons. The molecule has 1 fully saturated rings. The van der Waals surface area contributed by atoms with Gasteiger partial charge in [0.2, 0.25) is 5.91 Å². The van der Waals surface area contributed by atoms with Crippen LogP contribution in [0.5, 0.6) is 0 Å². The number of carbonyl (C=O) groups excluding carboxylic acids is 2. The van der Waals surface area contributed by atoms with Gasteiger partial charge in [-0.1, -0.05) is 48.0 Å². The summed E-state index contributed by atoms with van der Waals surface area (Å²) in [5, 5.41) is 3.86. The molecule has 5 nitrogen and oxygen atoms in total. The molecule has 1 aliphatic heterocycles. The molecular formula is C29H33N3O2S. The molecule has 0 atom stereocenters. The minimum Gasteiger partial charge on any atom is -0.369 e. The Hall–Kier alpha value is -2.96. The molecule has 2 aliphatic rings. The zero-order chi connectivity index (χ0) is 24.4. The van der Waals surface area contributed by atoms with Gasteiger partial charge in [-0.15, -0.1) is 11.3 Å². The van der Waals surface area contributed by atoms with Crippen LogP contribution in [0.2, 0.25) is 0 Å². The SMILES string of the molecule is Cc1ccc(C(=O)c2c(NC(=O)CN3CCN(c4ccccc4C)CC3)sc3c2CCCC3)cc1.